The number of amides is 5. The molecule has 2 fully saturated rings. The maximum absolute atomic E-state index is 14.4. The summed E-state index contributed by atoms with van der Waals surface area (Å²) < 4.78 is 64.4. The van der Waals surface area contributed by atoms with Crippen LogP contribution >= 0.6 is 23.4 Å². The van der Waals surface area contributed by atoms with Crippen molar-refractivity contribution in [3.63, 3.8) is 0 Å². The quantitative estimate of drug-likeness (QED) is 0.0172. The van der Waals surface area contributed by atoms with Crippen molar-refractivity contribution in [2.45, 2.75) is 125 Å². The minimum Gasteiger partial charge on any atom is -0.495 e. The lowest BCUT2D eigenvalue weighted by Gasteiger charge is -2.42. The van der Waals surface area contributed by atoms with Crippen LogP contribution in [-0.4, -0.2) is 140 Å². The predicted octanol–water partition coefficient (Wildman–Crippen LogP) is 7.07. The van der Waals surface area contributed by atoms with Gasteiger partial charge in [0, 0.05) is 62.7 Å². The number of hydrogen-bond acceptors (Lipinski definition) is 16. The Balaban J connectivity index is 1.02. The molecule has 5 N–H and O–H groups in total. The lowest BCUT2D eigenvalue weighted by atomic mass is 9.83. The topological polar surface area (TPSA) is 281 Å². The number of allylic oxidation sites excluding steroid dienone is 3. The summed E-state index contributed by atoms with van der Waals surface area (Å²) in [6.07, 6.45) is 5.96. The molecule has 2 saturated heterocycles. The van der Waals surface area contributed by atoms with Crippen molar-refractivity contribution in [2.24, 2.45) is 11.0 Å². The van der Waals surface area contributed by atoms with Gasteiger partial charge in [0.25, 0.3) is 16.0 Å². The molecule has 4 aliphatic rings. The third-order valence-corrected chi connectivity index (χ3v) is 16.9. The van der Waals surface area contributed by atoms with Crippen LogP contribution in [0, 0.1) is 12.8 Å². The molecule has 0 aliphatic carbocycles. The van der Waals surface area contributed by atoms with E-state index in [0.717, 1.165) is 28.8 Å². The van der Waals surface area contributed by atoms with Crippen LogP contribution in [-0.2, 0) is 54.7 Å². The van der Waals surface area contributed by atoms with Gasteiger partial charge in [-0.15, -0.1) is 11.8 Å². The number of aryl methyl sites for hydroxylation is 1. The number of ether oxygens (including phenoxy) is 5. The number of carbonyl (C=O) groups is 6. The Kier molecular flexibility index (Phi) is 19.8. The highest BCUT2D eigenvalue weighted by Gasteiger charge is 2.64. The highest BCUT2D eigenvalue weighted by molar-refractivity contribution is 8.00. The Bertz CT molecular complexity index is 3150. The van der Waals surface area contributed by atoms with Crippen molar-refractivity contribution >= 4 is 86.3 Å². The Morgan fingerprint density at radius 3 is 2.50 bits per heavy atom. The van der Waals surface area contributed by atoms with E-state index in [1.165, 1.54) is 43.0 Å². The van der Waals surface area contributed by atoms with Crippen molar-refractivity contribution in [1.82, 2.24) is 15.6 Å². The first kappa shape index (κ1) is 61.0. The molecule has 80 heavy (non-hydrogen) atoms. The van der Waals surface area contributed by atoms with Gasteiger partial charge < -0.3 is 43.9 Å². The summed E-state index contributed by atoms with van der Waals surface area (Å²) >= 11 is 8.00. The summed E-state index contributed by atoms with van der Waals surface area (Å²) in [4.78, 5) is 82.1. The smallest absolute Gasteiger partial charge is 0.409 e. The van der Waals surface area contributed by atoms with Gasteiger partial charge in [-0.2, -0.15) is 13.5 Å². The van der Waals surface area contributed by atoms with Gasteiger partial charge in [-0.25, -0.2) is 10.2 Å². The van der Waals surface area contributed by atoms with Crippen LogP contribution in [0.1, 0.15) is 93.3 Å². The van der Waals surface area contributed by atoms with Gasteiger partial charge >= 0.3 is 12.1 Å². The van der Waals surface area contributed by atoms with Crippen molar-refractivity contribution in [1.29, 1.82) is 0 Å². The number of anilines is 2. The van der Waals surface area contributed by atoms with E-state index < -0.39 is 92.0 Å². The number of hydrazone groups is 1. The highest BCUT2D eigenvalue weighted by atomic mass is 35.5. The van der Waals surface area contributed by atoms with E-state index in [9.17, 15) is 46.8 Å². The Morgan fingerprint density at radius 1 is 1.05 bits per heavy atom. The Morgan fingerprint density at radius 2 is 1.81 bits per heavy atom. The van der Waals surface area contributed by atoms with Crippen LogP contribution in [0.3, 0.4) is 0 Å². The fourth-order valence-corrected chi connectivity index (χ4v) is 11.7. The predicted molar refractivity (Wildman–Crippen MR) is 299 cm³/mol. The van der Waals surface area contributed by atoms with E-state index in [-0.39, 0.29) is 41.6 Å². The maximum Gasteiger partial charge on any atom is 0.409 e. The molecule has 24 heteroatoms. The fraction of sp³-hybridized carbons (Fsp3) is 0.446. The second-order valence-electron chi connectivity index (χ2n) is 20.4. The molecule has 7 rings (SSSR count). The van der Waals surface area contributed by atoms with Crippen LogP contribution in [0.5, 0.6) is 5.75 Å². The molecule has 4 aliphatic heterocycles. The van der Waals surface area contributed by atoms with E-state index in [2.05, 4.69) is 21.2 Å². The first-order valence-corrected chi connectivity index (χ1v) is 28.7. The summed E-state index contributed by atoms with van der Waals surface area (Å²) in [6.45, 7) is 9.96. The standard InChI is InChI=1S/C56H67ClN6O15S2/c1-32-14-12-15-45(75-8)56(70)30-42(76-54(69)59-56)34(3)52-55(5,78-52)46(29-49(66)62(6)40-26-36(24-32)27-41(74-7)51(40)57)77-50(67)31-79-43-21-18-37(25-33(43)2)35(4)60-61-53(68)39-20-19-38(28-44(39)80(71,72)73)58-47(64)16-10-9-11-22-63-23-13-17-48(63)65/h12-15,17-21,25-28,34,42,45-46,52,70H,9-11,16,22-24,29-31H2,1-8H3,(H,58,64)(H,59,69)(H,61,68)(H,71,72,73)/b15-12+,32-14+,60-35+/t34-,42+,45-,46+,52+,55+,56+/m1/s1. The number of halogens is 1. The van der Waals surface area contributed by atoms with E-state index in [1.807, 2.05) is 13.0 Å². The summed E-state index contributed by atoms with van der Waals surface area (Å²) in [5.74, 6) is -2.94. The summed E-state index contributed by atoms with van der Waals surface area (Å²) in [5, 5.41) is 21.3. The lowest BCUT2D eigenvalue weighted by molar-refractivity contribution is -0.150. The molecule has 0 spiro atoms. The number of methoxy groups -OCH3 is 2. The molecule has 4 bridgehead atoms. The number of hydrogen-bond donors (Lipinski definition) is 5. The highest BCUT2D eigenvalue weighted by Crippen LogP contribution is 2.49. The van der Waals surface area contributed by atoms with Gasteiger partial charge in [-0.1, -0.05) is 60.9 Å². The van der Waals surface area contributed by atoms with Crippen LogP contribution < -0.4 is 25.7 Å². The molecule has 0 radical (unpaired) electrons. The van der Waals surface area contributed by atoms with Gasteiger partial charge in [-0.05, 0) is 106 Å². The van der Waals surface area contributed by atoms with E-state index in [0.29, 0.717) is 66.4 Å². The number of nitrogens with one attached hydrogen (secondary N) is 3. The number of unbranched alkanes of at least 4 members (excludes halogenated alkanes) is 2. The fourth-order valence-electron chi connectivity index (χ4n) is 9.90. The molecule has 7 atom stereocenters. The van der Waals surface area contributed by atoms with E-state index in [4.69, 9.17) is 35.3 Å². The molecule has 0 saturated carbocycles. The average molecular weight is 1160 g/mol. The number of rotatable bonds is 17. The van der Waals surface area contributed by atoms with E-state index in [1.54, 1.807) is 88.2 Å². The number of thioether (sulfide) groups is 1. The molecule has 430 valence electrons. The van der Waals surface area contributed by atoms with Gasteiger partial charge in [-0.3, -0.25) is 33.8 Å². The summed E-state index contributed by atoms with van der Waals surface area (Å²) in [5.41, 5.74) is 2.49. The van der Waals surface area contributed by atoms with Crippen LogP contribution in [0.25, 0.3) is 0 Å². The first-order valence-electron chi connectivity index (χ1n) is 25.9. The number of carbonyl (C=O) groups excluding carboxylic acids is 6. The second-order valence-corrected chi connectivity index (χ2v) is 23.2. The summed E-state index contributed by atoms with van der Waals surface area (Å²) in [7, 11) is -0.490. The van der Waals surface area contributed by atoms with Gasteiger partial charge in [0.2, 0.25) is 17.7 Å². The van der Waals surface area contributed by atoms with Crippen LogP contribution in [0.15, 0.2) is 99.4 Å². The molecular weight excluding hydrogens is 1100 g/mol. The Labute approximate surface area is 474 Å². The zero-order chi connectivity index (χ0) is 58.3. The Hall–Kier alpha value is -6.60. The summed E-state index contributed by atoms with van der Waals surface area (Å²) in [6, 6.07) is 12.2. The largest absolute Gasteiger partial charge is 0.495 e. The molecule has 4 heterocycles. The molecule has 5 amide bonds. The molecule has 21 nitrogen and oxygen atoms in total. The number of nitrogens with zero attached hydrogens (tertiary/aromatic N) is 3. The van der Waals surface area contributed by atoms with Gasteiger partial charge in [0.05, 0.1) is 42.3 Å². The van der Waals surface area contributed by atoms with Crippen LogP contribution in [0.4, 0.5) is 16.2 Å². The number of esters is 1. The molecular formula is C56H67ClN6O15S2. The molecule has 3 aromatic rings. The van der Waals surface area contributed by atoms with Crippen molar-refractivity contribution in [3.8, 4) is 5.75 Å². The molecule has 3 aromatic carbocycles. The third kappa shape index (κ3) is 14.8. The van der Waals surface area contributed by atoms with Gasteiger partial charge in [0.1, 0.15) is 39.6 Å². The number of aliphatic hydroxyl groups is 1. The zero-order valence-electron chi connectivity index (χ0n) is 45.7. The van der Waals surface area contributed by atoms with Crippen molar-refractivity contribution in [3.05, 3.63) is 112 Å². The van der Waals surface area contributed by atoms with Gasteiger partial charge in [0.15, 0.2) is 5.72 Å². The SMILES string of the molecule is COc1cc2cc(c1Cl)N(C)C(=O)C[C@H](OC(=O)CSc1ccc(/C(C)=N/NC(=O)c3ccc(NC(=O)CCCCCN4CC=CC4=O)cc3S(=O)(=O)O)cc1C)[C@]1(C)O[C@H]1[C@H](C)[C@@H]1C[C@@](O)(NC(=O)O1)[C@H](OC)/C=C/C=C(\C)C2. The monoisotopic (exact) mass is 1160 g/mol. The van der Waals surface area contributed by atoms with Crippen molar-refractivity contribution in [2.75, 3.05) is 50.3 Å². The van der Waals surface area contributed by atoms with Crippen LogP contribution in [0.2, 0.25) is 5.02 Å². The minimum atomic E-state index is -4.94. The number of epoxide rings is 1. The third-order valence-electron chi connectivity index (χ3n) is 14.5. The van der Waals surface area contributed by atoms with Crippen molar-refractivity contribution < 1.29 is 70.5 Å². The lowest BCUT2D eigenvalue weighted by Crippen LogP contribution is -2.63. The second kappa shape index (κ2) is 25.9. The minimum absolute atomic E-state index is 0.0391. The number of benzene rings is 3. The van der Waals surface area contributed by atoms with E-state index >= 15 is 0 Å². The maximum atomic E-state index is 14.4. The number of alkyl carbamates (subject to hydrolysis) is 1. The number of fused-ring (bicyclic) bond motifs is 5. The average Bonchev–Trinajstić information content (AvgIpc) is 4.07. The first-order chi connectivity index (χ1) is 37.8. The molecule has 0 aromatic heterocycles. The zero-order valence-corrected chi connectivity index (χ0v) is 48.1. The molecule has 0 unspecified atom stereocenters. The normalized spacial score (nSPS) is 25.4.